The molecule has 2 heterocycles. The zero-order chi connectivity index (χ0) is 18.2. The molecule has 0 unspecified atom stereocenters. The number of amides is 2. The van der Waals surface area contributed by atoms with Gasteiger partial charge in [0, 0.05) is 39.3 Å². The Kier molecular flexibility index (Phi) is 7.11. The summed E-state index contributed by atoms with van der Waals surface area (Å²) < 4.78 is 16.7. The van der Waals surface area contributed by atoms with Crippen molar-refractivity contribution in [1.82, 2.24) is 15.1 Å². The summed E-state index contributed by atoms with van der Waals surface area (Å²) in [6.45, 7) is 9.45. The number of carbonyl (C=O) groups is 1. The molecule has 2 aliphatic rings. The van der Waals surface area contributed by atoms with Gasteiger partial charge in [-0.2, -0.15) is 0 Å². The van der Waals surface area contributed by atoms with Crippen molar-refractivity contribution in [2.24, 2.45) is 0 Å². The third-order valence-electron chi connectivity index (χ3n) is 4.65. The Bertz CT molecular complexity index is 578. The second kappa shape index (κ2) is 9.75. The van der Waals surface area contributed by atoms with Gasteiger partial charge in [-0.1, -0.05) is 12.1 Å². The van der Waals surface area contributed by atoms with Gasteiger partial charge < -0.3 is 24.4 Å². The molecule has 0 aromatic heterocycles. The lowest BCUT2D eigenvalue weighted by molar-refractivity contribution is -0.00351. The number of urea groups is 1. The van der Waals surface area contributed by atoms with Gasteiger partial charge in [-0.15, -0.1) is 0 Å². The Morgan fingerprint density at radius 2 is 2.12 bits per heavy atom. The first-order valence-electron chi connectivity index (χ1n) is 9.37. The Hall–Kier alpha value is -1.83. The Morgan fingerprint density at radius 1 is 1.27 bits per heavy atom. The topological polar surface area (TPSA) is 63.3 Å². The van der Waals surface area contributed by atoms with Crippen LogP contribution in [-0.2, 0) is 16.0 Å². The van der Waals surface area contributed by atoms with Crippen molar-refractivity contribution >= 4 is 6.03 Å². The van der Waals surface area contributed by atoms with Crippen LogP contribution in [0.25, 0.3) is 0 Å². The number of nitrogens with one attached hydrogen (secondary N) is 1. The first-order valence-corrected chi connectivity index (χ1v) is 9.37. The zero-order valence-electron chi connectivity index (χ0n) is 15.5. The van der Waals surface area contributed by atoms with E-state index in [4.69, 9.17) is 14.2 Å². The molecule has 1 atom stereocenters. The van der Waals surface area contributed by atoms with Crippen LogP contribution in [-0.4, -0.2) is 81.1 Å². The van der Waals surface area contributed by atoms with Gasteiger partial charge >= 0.3 is 6.03 Å². The minimum atomic E-state index is -0.0428. The fourth-order valence-corrected chi connectivity index (χ4v) is 3.15. The van der Waals surface area contributed by atoms with Crippen LogP contribution in [0.1, 0.15) is 12.5 Å². The summed E-state index contributed by atoms with van der Waals surface area (Å²) in [4.78, 5) is 16.4. The van der Waals surface area contributed by atoms with Crippen LogP contribution in [0.15, 0.2) is 24.3 Å². The molecule has 0 bridgehead atoms. The van der Waals surface area contributed by atoms with Gasteiger partial charge in [0.1, 0.15) is 12.4 Å². The summed E-state index contributed by atoms with van der Waals surface area (Å²) in [6.07, 6.45) is 0.0951. The molecule has 1 N–H and O–H groups in total. The number of rotatable bonds is 6. The number of morpholine rings is 2. The van der Waals surface area contributed by atoms with Crippen LogP contribution in [0.5, 0.6) is 5.75 Å². The number of nitrogens with zero attached hydrogens (tertiary/aromatic N) is 2. The predicted molar refractivity (Wildman–Crippen MR) is 98.4 cm³/mol. The van der Waals surface area contributed by atoms with Gasteiger partial charge in [0.25, 0.3) is 0 Å². The molecular formula is C19H29N3O4. The summed E-state index contributed by atoms with van der Waals surface area (Å²) in [5.74, 6) is 0.838. The maximum Gasteiger partial charge on any atom is 0.317 e. The maximum absolute atomic E-state index is 12.3. The lowest BCUT2D eigenvalue weighted by Crippen LogP contribution is -2.48. The van der Waals surface area contributed by atoms with Crippen molar-refractivity contribution in [3.8, 4) is 5.75 Å². The quantitative estimate of drug-likeness (QED) is 0.826. The molecule has 0 radical (unpaired) electrons. The molecule has 2 aliphatic heterocycles. The molecule has 2 saturated heterocycles. The van der Waals surface area contributed by atoms with Crippen LogP contribution < -0.4 is 10.1 Å². The van der Waals surface area contributed by atoms with E-state index in [1.807, 2.05) is 31.2 Å². The Labute approximate surface area is 155 Å². The molecule has 144 valence electrons. The van der Waals surface area contributed by atoms with E-state index in [-0.39, 0.29) is 12.1 Å². The SMILES string of the molecule is C[C@H]1CN(C(=O)NCc2cccc(OCCN3CCOCC3)c2)CCO1. The second-order valence-corrected chi connectivity index (χ2v) is 6.74. The number of carbonyl (C=O) groups excluding carboxylic acids is 1. The van der Waals surface area contributed by atoms with Crippen LogP contribution in [0.2, 0.25) is 0 Å². The molecule has 0 aliphatic carbocycles. The molecule has 2 fully saturated rings. The summed E-state index contributed by atoms with van der Waals surface area (Å²) in [5, 5.41) is 2.98. The van der Waals surface area contributed by atoms with Crippen LogP contribution in [0.4, 0.5) is 4.79 Å². The number of ether oxygens (including phenoxy) is 3. The van der Waals surface area contributed by atoms with E-state index < -0.39 is 0 Å². The second-order valence-electron chi connectivity index (χ2n) is 6.74. The van der Waals surface area contributed by atoms with Gasteiger partial charge in [-0.05, 0) is 24.6 Å². The van der Waals surface area contributed by atoms with Crippen molar-refractivity contribution in [3.63, 3.8) is 0 Å². The van der Waals surface area contributed by atoms with Gasteiger partial charge in [0.05, 0.1) is 25.9 Å². The monoisotopic (exact) mass is 363 g/mol. The summed E-state index contributed by atoms with van der Waals surface area (Å²) in [5.41, 5.74) is 1.03. The van der Waals surface area contributed by atoms with Crippen molar-refractivity contribution in [1.29, 1.82) is 0 Å². The summed E-state index contributed by atoms with van der Waals surface area (Å²) in [7, 11) is 0. The van der Waals surface area contributed by atoms with Crippen molar-refractivity contribution in [3.05, 3.63) is 29.8 Å². The van der Waals surface area contributed by atoms with Crippen LogP contribution in [0.3, 0.4) is 0 Å². The fourth-order valence-electron chi connectivity index (χ4n) is 3.15. The molecular weight excluding hydrogens is 334 g/mol. The van der Waals surface area contributed by atoms with Gasteiger partial charge in [0.2, 0.25) is 0 Å². The van der Waals surface area contributed by atoms with E-state index in [9.17, 15) is 4.79 Å². The summed E-state index contributed by atoms with van der Waals surface area (Å²) >= 11 is 0. The largest absolute Gasteiger partial charge is 0.492 e. The third-order valence-corrected chi connectivity index (χ3v) is 4.65. The standard InChI is InChI=1S/C19H29N3O4/c1-16-15-22(8-12-25-16)19(23)20-14-17-3-2-4-18(13-17)26-11-7-21-5-9-24-10-6-21/h2-4,13,16H,5-12,14-15H2,1H3,(H,20,23)/t16-/m0/s1. The first kappa shape index (κ1) is 18.9. The van der Waals surface area contributed by atoms with E-state index >= 15 is 0 Å². The van der Waals surface area contributed by atoms with E-state index in [0.717, 1.165) is 44.2 Å². The zero-order valence-corrected chi connectivity index (χ0v) is 15.5. The number of hydrogen-bond acceptors (Lipinski definition) is 5. The molecule has 26 heavy (non-hydrogen) atoms. The van der Waals surface area contributed by atoms with E-state index in [1.165, 1.54) is 0 Å². The van der Waals surface area contributed by atoms with Crippen LogP contribution in [0, 0.1) is 0 Å². The molecule has 2 amide bonds. The molecule has 7 heteroatoms. The van der Waals surface area contributed by atoms with Crippen LogP contribution >= 0.6 is 0 Å². The predicted octanol–water partition coefficient (Wildman–Crippen LogP) is 1.33. The van der Waals surface area contributed by atoms with Crippen molar-refractivity contribution < 1.29 is 19.0 Å². The molecule has 0 spiro atoms. The highest BCUT2D eigenvalue weighted by atomic mass is 16.5. The fraction of sp³-hybridized carbons (Fsp3) is 0.632. The highest BCUT2D eigenvalue weighted by Crippen LogP contribution is 2.14. The lowest BCUT2D eigenvalue weighted by atomic mass is 10.2. The number of benzene rings is 1. The molecule has 7 nitrogen and oxygen atoms in total. The van der Waals surface area contributed by atoms with E-state index in [2.05, 4.69) is 10.2 Å². The Morgan fingerprint density at radius 3 is 2.92 bits per heavy atom. The summed E-state index contributed by atoms with van der Waals surface area (Å²) in [6, 6.07) is 7.86. The Balaban J connectivity index is 1.41. The molecule has 1 aromatic rings. The lowest BCUT2D eigenvalue weighted by Gasteiger charge is -2.31. The number of hydrogen-bond donors (Lipinski definition) is 1. The van der Waals surface area contributed by atoms with E-state index in [1.54, 1.807) is 4.90 Å². The molecule has 1 aromatic carbocycles. The highest BCUT2D eigenvalue weighted by molar-refractivity contribution is 5.74. The average molecular weight is 363 g/mol. The van der Waals surface area contributed by atoms with E-state index in [0.29, 0.717) is 32.8 Å². The van der Waals surface area contributed by atoms with Crippen molar-refractivity contribution in [2.75, 3.05) is 59.2 Å². The smallest absolute Gasteiger partial charge is 0.317 e. The maximum atomic E-state index is 12.3. The van der Waals surface area contributed by atoms with Gasteiger partial charge in [-0.25, -0.2) is 4.79 Å². The minimum Gasteiger partial charge on any atom is -0.492 e. The van der Waals surface area contributed by atoms with Gasteiger partial charge in [-0.3, -0.25) is 4.90 Å². The normalized spacial score (nSPS) is 21.4. The van der Waals surface area contributed by atoms with Gasteiger partial charge in [0.15, 0.2) is 0 Å². The average Bonchev–Trinajstić information content (AvgIpc) is 2.67. The third kappa shape index (κ3) is 5.86. The molecule has 3 rings (SSSR count). The minimum absolute atomic E-state index is 0.0428. The highest BCUT2D eigenvalue weighted by Gasteiger charge is 2.20. The molecule has 0 saturated carbocycles. The van der Waals surface area contributed by atoms with Crippen molar-refractivity contribution in [2.45, 2.75) is 19.6 Å². The first-order chi connectivity index (χ1) is 12.7.